The monoisotopic (exact) mass is 224 g/mol. The van der Waals surface area contributed by atoms with E-state index in [1.54, 1.807) is 6.92 Å². The summed E-state index contributed by atoms with van der Waals surface area (Å²) in [5.74, 6) is -1.36. The zero-order valence-electron chi connectivity index (χ0n) is 9.26. The second kappa shape index (κ2) is 6.98. The van der Waals surface area contributed by atoms with E-state index in [9.17, 15) is 4.79 Å². The molecule has 0 saturated heterocycles. The van der Waals surface area contributed by atoms with Crippen molar-refractivity contribution >= 4 is 5.97 Å². The molecule has 1 atom stereocenters. The van der Waals surface area contributed by atoms with E-state index < -0.39 is 11.9 Å². The maximum absolute atomic E-state index is 10.5. The first kappa shape index (κ1) is 12.7. The van der Waals surface area contributed by atoms with Crippen LogP contribution in [0, 0.1) is 5.92 Å². The number of hydrogen-bond acceptors (Lipinski definition) is 3. The Morgan fingerprint density at radius 3 is 2.62 bits per heavy atom. The highest BCUT2D eigenvalue weighted by Gasteiger charge is 2.09. The van der Waals surface area contributed by atoms with Gasteiger partial charge in [0.1, 0.15) is 6.79 Å². The lowest BCUT2D eigenvalue weighted by Gasteiger charge is -2.08. The molecule has 16 heavy (non-hydrogen) atoms. The SMILES string of the molecule is CC(COCOCc1ccccc1)C(=O)O. The standard InChI is InChI=1S/C12H16O4/c1-10(12(13)14)7-15-9-16-8-11-5-3-2-4-6-11/h2-6,10H,7-9H2,1H3,(H,13,14). The number of carbonyl (C=O) groups is 1. The summed E-state index contributed by atoms with van der Waals surface area (Å²) in [6.45, 7) is 2.36. The highest BCUT2D eigenvalue weighted by atomic mass is 16.7. The van der Waals surface area contributed by atoms with E-state index in [4.69, 9.17) is 14.6 Å². The molecule has 1 aromatic carbocycles. The van der Waals surface area contributed by atoms with Gasteiger partial charge < -0.3 is 14.6 Å². The molecule has 1 aromatic rings. The van der Waals surface area contributed by atoms with Crippen molar-refractivity contribution < 1.29 is 19.4 Å². The molecule has 0 saturated carbocycles. The maximum Gasteiger partial charge on any atom is 0.308 e. The molecule has 0 aliphatic rings. The zero-order valence-corrected chi connectivity index (χ0v) is 9.26. The molecule has 0 aliphatic heterocycles. The Labute approximate surface area is 94.8 Å². The fraction of sp³-hybridized carbons (Fsp3) is 0.417. The van der Waals surface area contributed by atoms with Crippen LogP contribution in [0.15, 0.2) is 30.3 Å². The van der Waals surface area contributed by atoms with E-state index in [-0.39, 0.29) is 13.4 Å². The van der Waals surface area contributed by atoms with Crippen LogP contribution in [0.5, 0.6) is 0 Å². The minimum atomic E-state index is -0.858. The van der Waals surface area contributed by atoms with Crippen molar-refractivity contribution in [3.05, 3.63) is 35.9 Å². The van der Waals surface area contributed by atoms with E-state index in [0.29, 0.717) is 6.61 Å². The summed E-state index contributed by atoms with van der Waals surface area (Å²) < 4.78 is 10.3. The molecule has 0 radical (unpaired) electrons. The molecule has 0 amide bonds. The van der Waals surface area contributed by atoms with Crippen LogP contribution in [-0.2, 0) is 20.9 Å². The fourth-order valence-corrected chi connectivity index (χ4v) is 1.09. The van der Waals surface area contributed by atoms with Crippen LogP contribution in [-0.4, -0.2) is 24.5 Å². The summed E-state index contributed by atoms with van der Waals surface area (Å²) >= 11 is 0. The molecule has 0 fully saturated rings. The Balaban J connectivity index is 2.07. The summed E-state index contributed by atoms with van der Waals surface area (Å²) in [6.07, 6.45) is 0. The van der Waals surface area contributed by atoms with Gasteiger partial charge in [0.2, 0.25) is 0 Å². The van der Waals surface area contributed by atoms with Gasteiger partial charge in [-0.3, -0.25) is 4.79 Å². The Morgan fingerprint density at radius 1 is 1.31 bits per heavy atom. The van der Waals surface area contributed by atoms with Gasteiger partial charge in [-0.2, -0.15) is 0 Å². The third-order valence-electron chi connectivity index (χ3n) is 2.07. The number of carboxylic acid groups (broad SMARTS) is 1. The predicted octanol–water partition coefficient (Wildman–Crippen LogP) is 1.90. The van der Waals surface area contributed by atoms with Crippen molar-refractivity contribution in [3.8, 4) is 0 Å². The lowest BCUT2D eigenvalue weighted by atomic mass is 10.2. The molecule has 1 rings (SSSR count). The lowest BCUT2D eigenvalue weighted by molar-refractivity contribution is -0.145. The third kappa shape index (κ3) is 4.91. The normalized spacial score (nSPS) is 12.3. The number of rotatable bonds is 7. The second-order valence-corrected chi connectivity index (χ2v) is 3.56. The fourth-order valence-electron chi connectivity index (χ4n) is 1.09. The summed E-state index contributed by atoms with van der Waals surface area (Å²) in [7, 11) is 0. The average molecular weight is 224 g/mol. The van der Waals surface area contributed by atoms with Gasteiger partial charge in [-0.25, -0.2) is 0 Å². The predicted molar refractivity (Wildman–Crippen MR) is 58.8 cm³/mol. The summed E-state index contributed by atoms with van der Waals surface area (Å²) in [5, 5.41) is 8.60. The summed E-state index contributed by atoms with van der Waals surface area (Å²) in [6, 6.07) is 9.73. The Hall–Kier alpha value is -1.39. The van der Waals surface area contributed by atoms with Gasteiger partial charge in [-0.1, -0.05) is 30.3 Å². The van der Waals surface area contributed by atoms with Crippen LogP contribution < -0.4 is 0 Å². The van der Waals surface area contributed by atoms with Gasteiger partial charge in [0.05, 0.1) is 19.1 Å². The van der Waals surface area contributed by atoms with E-state index in [1.807, 2.05) is 30.3 Å². The van der Waals surface area contributed by atoms with Crippen LogP contribution in [0.3, 0.4) is 0 Å². The first-order valence-corrected chi connectivity index (χ1v) is 5.12. The molecule has 4 heteroatoms. The van der Waals surface area contributed by atoms with Crippen molar-refractivity contribution in [1.82, 2.24) is 0 Å². The number of aliphatic carboxylic acids is 1. The quantitative estimate of drug-likeness (QED) is 0.567. The number of hydrogen-bond donors (Lipinski definition) is 1. The Bertz CT molecular complexity index is 310. The zero-order chi connectivity index (χ0) is 11.8. The van der Waals surface area contributed by atoms with E-state index in [1.165, 1.54) is 0 Å². The minimum absolute atomic E-state index is 0.118. The topological polar surface area (TPSA) is 55.8 Å². The molecule has 0 aromatic heterocycles. The first-order valence-electron chi connectivity index (χ1n) is 5.12. The largest absolute Gasteiger partial charge is 0.481 e. The molecule has 0 aliphatic carbocycles. The van der Waals surface area contributed by atoms with Crippen LogP contribution in [0.1, 0.15) is 12.5 Å². The molecule has 4 nitrogen and oxygen atoms in total. The van der Waals surface area contributed by atoms with Gasteiger partial charge in [0.15, 0.2) is 0 Å². The van der Waals surface area contributed by atoms with Gasteiger partial charge in [-0.05, 0) is 12.5 Å². The van der Waals surface area contributed by atoms with Crippen LogP contribution >= 0.6 is 0 Å². The van der Waals surface area contributed by atoms with Crippen LogP contribution in [0.2, 0.25) is 0 Å². The average Bonchev–Trinajstić information content (AvgIpc) is 2.29. The molecular weight excluding hydrogens is 208 g/mol. The molecule has 1 unspecified atom stereocenters. The highest BCUT2D eigenvalue weighted by molar-refractivity contribution is 5.69. The smallest absolute Gasteiger partial charge is 0.308 e. The van der Waals surface area contributed by atoms with Crippen molar-refractivity contribution in [2.24, 2.45) is 5.92 Å². The Morgan fingerprint density at radius 2 is 2.00 bits per heavy atom. The summed E-state index contributed by atoms with van der Waals surface area (Å²) in [5.41, 5.74) is 1.07. The van der Waals surface area contributed by atoms with E-state index >= 15 is 0 Å². The van der Waals surface area contributed by atoms with E-state index in [0.717, 1.165) is 5.56 Å². The van der Waals surface area contributed by atoms with Crippen molar-refractivity contribution in [2.75, 3.05) is 13.4 Å². The molecule has 1 N–H and O–H groups in total. The van der Waals surface area contributed by atoms with Gasteiger partial charge in [0.25, 0.3) is 0 Å². The molecule has 0 bridgehead atoms. The van der Waals surface area contributed by atoms with Crippen molar-refractivity contribution in [2.45, 2.75) is 13.5 Å². The second-order valence-electron chi connectivity index (χ2n) is 3.56. The molecule has 0 spiro atoms. The number of benzene rings is 1. The van der Waals surface area contributed by atoms with Crippen molar-refractivity contribution in [3.63, 3.8) is 0 Å². The number of carboxylic acids is 1. The molecule has 0 heterocycles. The molecule has 88 valence electrons. The van der Waals surface area contributed by atoms with Gasteiger partial charge in [0, 0.05) is 0 Å². The Kier molecular flexibility index (Phi) is 5.53. The molecular formula is C12H16O4. The first-order chi connectivity index (χ1) is 7.70. The third-order valence-corrected chi connectivity index (χ3v) is 2.07. The lowest BCUT2D eigenvalue weighted by Crippen LogP contribution is -2.17. The highest BCUT2D eigenvalue weighted by Crippen LogP contribution is 2.01. The summed E-state index contributed by atoms with van der Waals surface area (Å²) in [4.78, 5) is 10.5. The van der Waals surface area contributed by atoms with Crippen LogP contribution in [0.4, 0.5) is 0 Å². The minimum Gasteiger partial charge on any atom is -0.481 e. The van der Waals surface area contributed by atoms with Gasteiger partial charge >= 0.3 is 5.97 Å². The van der Waals surface area contributed by atoms with Crippen molar-refractivity contribution in [1.29, 1.82) is 0 Å². The maximum atomic E-state index is 10.5. The number of ether oxygens (including phenoxy) is 2. The van der Waals surface area contributed by atoms with Gasteiger partial charge in [-0.15, -0.1) is 0 Å². The van der Waals surface area contributed by atoms with Crippen LogP contribution in [0.25, 0.3) is 0 Å². The van der Waals surface area contributed by atoms with E-state index in [2.05, 4.69) is 0 Å².